The third-order valence-electron chi connectivity index (χ3n) is 23.0. The Morgan fingerprint density at radius 3 is 1.89 bits per heavy atom. The minimum Gasteiger partial charge on any atom is -0.377 e. The minimum atomic E-state index is -4.53. The summed E-state index contributed by atoms with van der Waals surface area (Å²) in [7, 11) is 11.4. The van der Waals surface area contributed by atoms with Gasteiger partial charge in [0.05, 0.1) is 31.5 Å². The third kappa shape index (κ3) is 22.3. The van der Waals surface area contributed by atoms with Gasteiger partial charge in [0.1, 0.15) is 53.9 Å². The highest BCUT2D eigenvalue weighted by molar-refractivity contribution is 6.21. The Morgan fingerprint density at radius 2 is 1.31 bits per heavy atom. The highest BCUT2D eigenvalue weighted by Crippen LogP contribution is 2.50. The third-order valence-corrected chi connectivity index (χ3v) is 23.5. The highest BCUT2D eigenvalue weighted by Gasteiger charge is 2.59. The van der Waals surface area contributed by atoms with E-state index in [1.54, 1.807) is 19.9 Å². The summed E-state index contributed by atoms with van der Waals surface area (Å²) < 4.78 is 48.5. The molecule has 25 nitrogen and oxygen atoms in total. The lowest BCUT2D eigenvalue weighted by Gasteiger charge is -2.54. The molecule has 0 aromatic rings. The van der Waals surface area contributed by atoms with E-state index in [2.05, 4.69) is 22.9 Å². The normalized spacial score (nSPS) is 31.4. The zero-order valence-corrected chi connectivity index (χ0v) is 66.6. The summed E-state index contributed by atoms with van der Waals surface area (Å²) in [6.07, 6.45) is 2.58. The largest absolute Gasteiger partial charge is 0.393 e. The summed E-state index contributed by atoms with van der Waals surface area (Å²) >= 11 is 6.46. The van der Waals surface area contributed by atoms with Crippen LogP contribution in [0.25, 0.3) is 0 Å². The van der Waals surface area contributed by atoms with Crippen molar-refractivity contribution in [2.24, 2.45) is 40.4 Å². The molecule has 3 unspecified atom stereocenters. The summed E-state index contributed by atoms with van der Waals surface area (Å²) in [5.41, 5.74) is -2.88. The van der Waals surface area contributed by atoms with Gasteiger partial charge in [-0.2, -0.15) is 13.2 Å². The summed E-state index contributed by atoms with van der Waals surface area (Å²) in [6.45, 7) is 17.7. The lowest BCUT2D eigenvalue weighted by Crippen LogP contribution is -2.71. The van der Waals surface area contributed by atoms with Gasteiger partial charge in [0.25, 0.3) is 0 Å². The first-order valence-electron chi connectivity index (χ1n) is 38.2. The average Bonchev–Trinajstić information content (AvgIpc) is 1.28. The number of carbonyl (C=O) groups excluding carboxylic acids is 12. The molecule has 1 spiro atoms. The maximum absolute atomic E-state index is 15.7. The van der Waals surface area contributed by atoms with E-state index in [4.69, 9.17) is 16.3 Å². The van der Waals surface area contributed by atoms with Gasteiger partial charge in [-0.25, -0.2) is 0 Å². The quantitative estimate of drug-likeness (QED) is 0.127. The average molecular weight is 1510 g/mol. The molecule has 594 valence electrons. The van der Waals surface area contributed by atoms with E-state index in [0.29, 0.717) is 25.2 Å². The molecule has 2 saturated heterocycles. The van der Waals surface area contributed by atoms with Crippen LogP contribution in [-0.4, -0.2) is 276 Å². The fourth-order valence-corrected chi connectivity index (χ4v) is 17.2. The van der Waals surface area contributed by atoms with Crippen molar-refractivity contribution < 1.29 is 75.4 Å². The summed E-state index contributed by atoms with van der Waals surface area (Å²) in [4.78, 5) is 193. The number of rotatable bonds is 13. The maximum atomic E-state index is 15.7. The molecule has 2 bridgehead atoms. The monoisotopic (exact) mass is 1500 g/mol. The Morgan fingerprint density at radius 1 is 0.686 bits per heavy atom. The second-order valence-corrected chi connectivity index (χ2v) is 34.1. The van der Waals surface area contributed by atoms with Gasteiger partial charge >= 0.3 is 6.18 Å². The molecule has 3 aliphatic heterocycles. The Labute approximate surface area is 626 Å². The van der Waals surface area contributed by atoms with Crippen molar-refractivity contribution >= 4 is 82.5 Å². The molecular formula is C76H124ClF3N12O13. The van der Waals surface area contributed by atoms with E-state index in [-0.39, 0.29) is 103 Å². The lowest BCUT2D eigenvalue weighted by atomic mass is 9.58. The number of amides is 12. The Hall–Kier alpha value is -6.58. The number of halogens is 4. The Balaban J connectivity index is 1.49. The first kappa shape index (κ1) is 87.3. The van der Waals surface area contributed by atoms with Crippen LogP contribution in [0.4, 0.5) is 13.2 Å². The number of nitrogens with one attached hydrogen (secondary N) is 3. The molecule has 105 heavy (non-hydrogen) atoms. The fraction of sp³-hybridized carbons (Fsp3) is 0.816. The number of nitrogens with zero attached hydrogens (tertiary/aromatic N) is 9. The van der Waals surface area contributed by atoms with E-state index in [1.165, 1.54) is 95.6 Å². The van der Waals surface area contributed by atoms with Crippen LogP contribution in [0.3, 0.4) is 0 Å². The number of ether oxygens (including phenoxy) is 1. The fourth-order valence-electron chi connectivity index (χ4n) is 16.7. The topological polar surface area (TPSA) is 279 Å². The molecule has 3 N–H and O–H groups in total. The van der Waals surface area contributed by atoms with E-state index in [9.17, 15) is 41.9 Å². The second-order valence-electron chi connectivity index (χ2n) is 33.5. The number of hydrogen-bond donors (Lipinski definition) is 3. The Kier molecular flexibility index (Phi) is 30.8. The molecule has 6 rings (SSSR count). The van der Waals surface area contributed by atoms with Crippen molar-refractivity contribution in [3.63, 3.8) is 0 Å². The highest BCUT2D eigenvalue weighted by atomic mass is 35.5. The van der Waals surface area contributed by atoms with Crippen molar-refractivity contribution in [3.05, 3.63) is 12.2 Å². The van der Waals surface area contributed by atoms with Crippen LogP contribution < -0.4 is 16.0 Å². The van der Waals surface area contributed by atoms with E-state index < -0.39 is 191 Å². The molecule has 3 saturated carbocycles. The molecule has 12 amide bonds. The van der Waals surface area contributed by atoms with E-state index >= 15 is 28.8 Å². The molecule has 0 radical (unpaired) electrons. The molecule has 5 fully saturated rings. The number of carbonyl (C=O) groups is 12. The molecule has 0 aromatic carbocycles. The van der Waals surface area contributed by atoms with Crippen molar-refractivity contribution in [3.8, 4) is 0 Å². The van der Waals surface area contributed by atoms with Gasteiger partial charge in [0.15, 0.2) is 0 Å². The number of hydrogen-bond acceptors (Lipinski definition) is 13. The van der Waals surface area contributed by atoms with Crippen molar-refractivity contribution in [1.29, 1.82) is 0 Å². The van der Waals surface area contributed by atoms with Gasteiger partial charge in [-0.3, -0.25) is 57.5 Å². The molecule has 3 aliphatic carbocycles. The van der Waals surface area contributed by atoms with Crippen LogP contribution in [0.5, 0.6) is 0 Å². The predicted octanol–water partition coefficient (Wildman–Crippen LogP) is 6.77. The van der Waals surface area contributed by atoms with Gasteiger partial charge in [-0.1, -0.05) is 113 Å². The van der Waals surface area contributed by atoms with Crippen molar-refractivity contribution in [2.75, 3.05) is 89.2 Å². The number of fused-ring (bicyclic) bond motifs is 3. The zero-order chi connectivity index (χ0) is 78.7. The van der Waals surface area contributed by atoms with Gasteiger partial charge in [-0.15, -0.1) is 11.6 Å². The van der Waals surface area contributed by atoms with E-state index in [1.807, 2.05) is 54.5 Å². The zero-order valence-electron chi connectivity index (χ0n) is 65.8. The second kappa shape index (κ2) is 37.0. The van der Waals surface area contributed by atoms with Crippen molar-refractivity contribution in [1.82, 2.24) is 60.0 Å². The predicted molar refractivity (Wildman–Crippen MR) is 392 cm³/mol. The maximum Gasteiger partial charge on any atom is 0.393 e. The van der Waals surface area contributed by atoms with Gasteiger partial charge in [0.2, 0.25) is 70.9 Å². The number of likely N-dealkylation sites (N-methyl/N-ethyl adjacent to an activating group) is 7. The molecular weight excluding hydrogens is 1380 g/mol. The van der Waals surface area contributed by atoms with Crippen LogP contribution in [-0.2, 0) is 62.3 Å². The van der Waals surface area contributed by atoms with Gasteiger partial charge < -0.3 is 64.8 Å². The molecule has 6 aliphatic rings. The summed E-state index contributed by atoms with van der Waals surface area (Å²) in [5, 5.41) is 7.56. The molecule has 3 heterocycles. The van der Waals surface area contributed by atoms with Crippen LogP contribution in [0.1, 0.15) is 198 Å². The molecule has 13 atom stereocenters. The van der Waals surface area contributed by atoms with Crippen LogP contribution in [0, 0.1) is 40.4 Å². The summed E-state index contributed by atoms with van der Waals surface area (Å²) in [6, 6.07) is -10.3. The van der Waals surface area contributed by atoms with Crippen molar-refractivity contribution in [2.45, 2.75) is 269 Å². The van der Waals surface area contributed by atoms with Crippen LogP contribution in [0.15, 0.2) is 12.2 Å². The minimum absolute atomic E-state index is 0.00846. The standard InChI is InChI=1S/C76H124ClF3N12O13/c1-19-25-54-64(96)82-63(47(5)20-2)71(103)86(14)43-62(95)88(16)55-26-23-22-24-35-91(70(55)102)58(37-49-29-27-46(4)28-30-49)68(100)85(13)42-60(93)81-53(34-32-48-31-33-51(52(77)36-48)76(78,79)80)66(98)92-41-50(105-21-3)38-56(92)65(97)83-75(44-74(9,10)45-75)72(104)90(18)59(40-73(6,7)8)69(101)89(17)57(67(99)84(11)12)39-61(94)87(54)15/h22-23,46-59,63H,19-21,24-45H2,1-18H3,(H,81,93)(H,82,96)(H,83,97)/b23-22-/t46?,47-,48?,49?,50-,51?,52?,53+,54+,55+,56+,57+,58+,59+,63+/m1/s1. The summed E-state index contributed by atoms with van der Waals surface area (Å²) in [5.74, 6) is -10.3. The first-order chi connectivity index (χ1) is 48.9. The van der Waals surface area contributed by atoms with Crippen LogP contribution in [0.2, 0.25) is 0 Å². The van der Waals surface area contributed by atoms with Crippen LogP contribution >= 0.6 is 11.6 Å². The Bertz CT molecular complexity index is 3130. The molecule has 0 aromatic heterocycles. The lowest BCUT2D eigenvalue weighted by molar-refractivity contribution is -0.182. The molecule has 29 heteroatoms. The van der Waals surface area contributed by atoms with Gasteiger partial charge in [0, 0.05) is 87.9 Å². The first-order valence-corrected chi connectivity index (χ1v) is 38.6. The van der Waals surface area contributed by atoms with E-state index in [0.717, 1.165) is 30.6 Å². The van der Waals surface area contributed by atoms with Gasteiger partial charge in [-0.05, 0) is 118 Å². The smallest absolute Gasteiger partial charge is 0.377 e. The number of alkyl halides is 4. The SMILES string of the molecule is CCC[C@H]1C(=O)N[C@@H]([C@H](C)CC)C(=O)N(C)CC(=O)N(C)[C@H]2C/C=C\CCN(C2=O)[C@@H](CC2CCC(C)CC2)C(=O)N(C)CC(=O)N[C@@H](CCC2CCC(C(F)(F)F)C(Cl)C2)C(=O)N2C[C@H](OCC)C[C@H]2C(=O)NC2(CC(C)(C)C2)C(=O)N(C)[C@@H](CC(C)(C)C)C(=O)N(C)[C@H](C(=O)N(C)C)CC(=O)N1C.